The van der Waals surface area contributed by atoms with E-state index in [0.717, 1.165) is 0 Å². The molecule has 6 heteroatoms. The van der Waals surface area contributed by atoms with Gasteiger partial charge < -0.3 is 9.30 Å². The average Bonchev–Trinajstić information content (AvgIpc) is 2.47. The summed E-state index contributed by atoms with van der Waals surface area (Å²) >= 11 is 0. The summed E-state index contributed by atoms with van der Waals surface area (Å²) in [4.78, 5) is 39.5. The highest BCUT2D eigenvalue weighted by Gasteiger charge is 2.16. The average molecular weight is 302 g/mol. The van der Waals surface area contributed by atoms with Crippen LogP contribution in [0.15, 0.2) is 23.0 Å². The number of carbonyl (C=O) groups is 2. The lowest BCUT2D eigenvalue weighted by molar-refractivity contribution is -0.124. The third kappa shape index (κ3) is 2.90. The van der Waals surface area contributed by atoms with E-state index in [1.165, 1.54) is 13.8 Å². The number of aryl methyl sites for hydroxylation is 2. The van der Waals surface area contributed by atoms with Crippen molar-refractivity contribution in [2.75, 3.05) is 0 Å². The first-order valence-electron chi connectivity index (χ1n) is 7.07. The van der Waals surface area contributed by atoms with Crippen LogP contribution < -0.4 is 5.56 Å². The molecule has 0 saturated heterocycles. The largest absolute Gasteiger partial charge is 0.451 e. The van der Waals surface area contributed by atoms with E-state index in [9.17, 15) is 14.4 Å². The molecule has 0 N–H and O–H groups in total. The van der Waals surface area contributed by atoms with Crippen LogP contribution >= 0.6 is 0 Å². The summed E-state index contributed by atoms with van der Waals surface area (Å²) < 4.78 is 6.67. The van der Waals surface area contributed by atoms with Crippen molar-refractivity contribution in [3.05, 3.63) is 39.8 Å². The Kier molecular flexibility index (Phi) is 4.40. The highest BCUT2D eigenvalue weighted by Crippen LogP contribution is 2.15. The number of ketones is 1. The number of rotatable bonds is 4. The standard InChI is InChI=1S/C16H18N2O4/c1-5-18-14-7-6-12(16(21)22-11(4)10(3)19)8-13(14)17-9(2)15(18)20/h6-8,11H,5H2,1-4H3. The molecule has 1 unspecified atom stereocenters. The fourth-order valence-electron chi connectivity index (χ4n) is 2.13. The molecule has 1 aromatic carbocycles. The van der Waals surface area contributed by atoms with Gasteiger partial charge in [-0.3, -0.25) is 9.59 Å². The van der Waals surface area contributed by atoms with Crippen LogP contribution in [-0.2, 0) is 16.1 Å². The van der Waals surface area contributed by atoms with E-state index >= 15 is 0 Å². The zero-order valence-electron chi connectivity index (χ0n) is 13.0. The molecule has 0 aliphatic rings. The van der Waals surface area contributed by atoms with Crippen molar-refractivity contribution in [1.82, 2.24) is 9.55 Å². The van der Waals surface area contributed by atoms with Crippen molar-refractivity contribution in [3.8, 4) is 0 Å². The van der Waals surface area contributed by atoms with Gasteiger partial charge in [-0.2, -0.15) is 0 Å². The maximum atomic E-state index is 12.0. The molecule has 2 rings (SSSR count). The van der Waals surface area contributed by atoms with E-state index in [1.807, 2.05) is 6.92 Å². The Hall–Kier alpha value is -2.50. The fraction of sp³-hybridized carbons (Fsp3) is 0.375. The molecule has 0 bridgehead atoms. The minimum atomic E-state index is -0.789. The molecule has 116 valence electrons. The van der Waals surface area contributed by atoms with E-state index in [-0.39, 0.29) is 11.3 Å². The highest BCUT2D eigenvalue weighted by atomic mass is 16.5. The van der Waals surface area contributed by atoms with Crippen LogP contribution in [-0.4, -0.2) is 27.4 Å². The minimum absolute atomic E-state index is 0.143. The van der Waals surface area contributed by atoms with Crippen LogP contribution in [0.25, 0.3) is 11.0 Å². The van der Waals surface area contributed by atoms with Crippen molar-refractivity contribution in [3.63, 3.8) is 0 Å². The molecule has 0 saturated carbocycles. The summed E-state index contributed by atoms with van der Waals surface area (Å²) in [5, 5.41) is 0. The Morgan fingerprint density at radius 2 is 2.05 bits per heavy atom. The number of carbonyl (C=O) groups excluding carboxylic acids is 2. The van der Waals surface area contributed by atoms with Gasteiger partial charge in [0.15, 0.2) is 11.9 Å². The van der Waals surface area contributed by atoms with Crippen LogP contribution in [0, 0.1) is 6.92 Å². The first kappa shape index (κ1) is 15.9. The number of nitrogens with zero attached hydrogens (tertiary/aromatic N) is 2. The lowest BCUT2D eigenvalue weighted by atomic mass is 10.2. The van der Waals surface area contributed by atoms with Crippen molar-refractivity contribution < 1.29 is 14.3 Å². The maximum absolute atomic E-state index is 12.0. The van der Waals surface area contributed by atoms with Crippen molar-refractivity contribution >= 4 is 22.8 Å². The fourth-order valence-corrected chi connectivity index (χ4v) is 2.13. The Bertz CT molecular complexity index is 808. The monoisotopic (exact) mass is 302 g/mol. The molecule has 1 aromatic heterocycles. The molecule has 0 fully saturated rings. The van der Waals surface area contributed by atoms with Crippen LogP contribution in [0.4, 0.5) is 0 Å². The quantitative estimate of drug-likeness (QED) is 0.805. The maximum Gasteiger partial charge on any atom is 0.338 e. The summed E-state index contributed by atoms with van der Waals surface area (Å²) in [6, 6.07) is 4.81. The molecule has 0 aliphatic carbocycles. The summed E-state index contributed by atoms with van der Waals surface area (Å²) in [6.07, 6.45) is -0.789. The lowest BCUT2D eigenvalue weighted by Gasteiger charge is -2.12. The number of Topliss-reactive ketones (excluding diaryl/α,β-unsaturated/α-hetero) is 1. The van der Waals surface area contributed by atoms with E-state index < -0.39 is 12.1 Å². The van der Waals surface area contributed by atoms with Gasteiger partial charge in [0.25, 0.3) is 5.56 Å². The molecule has 22 heavy (non-hydrogen) atoms. The summed E-state index contributed by atoms with van der Waals surface area (Å²) in [5.41, 5.74) is 1.74. The van der Waals surface area contributed by atoms with E-state index in [0.29, 0.717) is 28.8 Å². The van der Waals surface area contributed by atoms with Crippen molar-refractivity contribution in [1.29, 1.82) is 0 Å². The molecule has 0 amide bonds. The lowest BCUT2D eigenvalue weighted by Crippen LogP contribution is -2.24. The molecule has 0 radical (unpaired) electrons. The number of aromatic nitrogens is 2. The molecule has 2 aromatic rings. The number of esters is 1. The normalized spacial score (nSPS) is 12.2. The molecule has 0 spiro atoms. The minimum Gasteiger partial charge on any atom is -0.451 e. The van der Waals surface area contributed by atoms with Gasteiger partial charge in [0, 0.05) is 6.54 Å². The van der Waals surface area contributed by atoms with Gasteiger partial charge in [-0.05, 0) is 45.9 Å². The molecule has 1 heterocycles. The Morgan fingerprint density at radius 1 is 1.36 bits per heavy atom. The third-order valence-corrected chi connectivity index (χ3v) is 3.52. The first-order chi connectivity index (χ1) is 10.3. The predicted octanol–water partition coefficient (Wildman–Crippen LogP) is 1.86. The van der Waals surface area contributed by atoms with Gasteiger partial charge in [0.05, 0.1) is 16.6 Å². The highest BCUT2D eigenvalue weighted by molar-refractivity contribution is 5.95. The van der Waals surface area contributed by atoms with Gasteiger partial charge >= 0.3 is 5.97 Å². The van der Waals surface area contributed by atoms with Crippen molar-refractivity contribution in [2.45, 2.75) is 40.3 Å². The topological polar surface area (TPSA) is 78.3 Å². The first-order valence-corrected chi connectivity index (χ1v) is 7.07. The smallest absolute Gasteiger partial charge is 0.338 e. The molecule has 0 aliphatic heterocycles. The van der Waals surface area contributed by atoms with Crippen molar-refractivity contribution in [2.24, 2.45) is 0 Å². The van der Waals surface area contributed by atoms with Crippen LogP contribution in [0.2, 0.25) is 0 Å². The van der Waals surface area contributed by atoms with Gasteiger partial charge in [-0.1, -0.05) is 0 Å². The third-order valence-electron chi connectivity index (χ3n) is 3.52. The number of fused-ring (bicyclic) bond motifs is 1. The summed E-state index contributed by atoms with van der Waals surface area (Å²) in [6.45, 7) is 6.92. The molecule has 6 nitrogen and oxygen atoms in total. The van der Waals surface area contributed by atoms with Gasteiger partial charge in [-0.25, -0.2) is 9.78 Å². The zero-order valence-corrected chi connectivity index (χ0v) is 13.0. The zero-order chi connectivity index (χ0) is 16.4. The second-order valence-electron chi connectivity index (χ2n) is 5.11. The molecule has 1 atom stereocenters. The van der Waals surface area contributed by atoms with Gasteiger partial charge in [-0.15, -0.1) is 0 Å². The molecular weight excluding hydrogens is 284 g/mol. The van der Waals surface area contributed by atoms with Gasteiger partial charge in [0.1, 0.15) is 5.69 Å². The number of hydrogen-bond donors (Lipinski definition) is 0. The van der Waals surface area contributed by atoms with Crippen LogP contribution in [0.1, 0.15) is 36.8 Å². The Balaban J connectivity index is 2.47. The SMILES string of the molecule is CCn1c(=O)c(C)nc2cc(C(=O)OC(C)C(C)=O)ccc21. The summed E-state index contributed by atoms with van der Waals surface area (Å²) in [7, 11) is 0. The second-order valence-corrected chi connectivity index (χ2v) is 5.11. The van der Waals surface area contributed by atoms with Gasteiger partial charge in [0.2, 0.25) is 0 Å². The number of benzene rings is 1. The summed E-state index contributed by atoms with van der Waals surface area (Å²) in [5.74, 6) is -0.804. The Morgan fingerprint density at radius 3 is 2.64 bits per heavy atom. The second kappa shape index (κ2) is 6.09. The van der Waals surface area contributed by atoms with E-state index in [2.05, 4.69) is 4.98 Å². The number of hydrogen-bond acceptors (Lipinski definition) is 5. The van der Waals surface area contributed by atoms with E-state index in [4.69, 9.17) is 4.74 Å². The predicted molar refractivity (Wildman–Crippen MR) is 82.0 cm³/mol. The Labute approximate surface area is 127 Å². The number of ether oxygens (including phenoxy) is 1. The van der Waals surface area contributed by atoms with Crippen LogP contribution in [0.3, 0.4) is 0 Å². The van der Waals surface area contributed by atoms with Crippen LogP contribution in [0.5, 0.6) is 0 Å². The van der Waals surface area contributed by atoms with E-state index in [1.54, 1.807) is 29.7 Å². The molecular formula is C16H18N2O4.